The Kier molecular flexibility index (Phi) is 16.2. The van der Waals surface area contributed by atoms with Crippen LogP contribution >= 0.6 is 23.2 Å². The lowest BCUT2D eigenvalue weighted by atomic mass is 9.84. The van der Waals surface area contributed by atoms with E-state index in [4.69, 9.17) is 32.0 Å². The van der Waals surface area contributed by atoms with Crippen molar-refractivity contribution in [2.75, 3.05) is 56.5 Å². The van der Waals surface area contributed by atoms with Crippen LogP contribution in [0.1, 0.15) is 72.5 Å². The van der Waals surface area contributed by atoms with Crippen LogP contribution in [-0.4, -0.2) is 80.3 Å². The highest BCUT2D eigenvalue weighted by Crippen LogP contribution is 2.36. The molecule has 0 unspecified atom stereocenters. The molecule has 4 N–H and O–H groups in total. The van der Waals surface area contributed by atoms with Gasteiger partial charge in [0.15, 0.2) is 0 Å². The van der Waals surface area contributed by atoms with Crippen LogP contribution in [0.3, 0.4) is 0 Å². The van der Waals surface area contributed by atoms with Gasteiger partial charge in [0.1, 0.15) is 22.5 Å². The maximum absolute atomic E-state index is 13.1. The fraction of sp³-hybridized carbons (Fsp3) is 0.347. The number of anilines is 4. The number of hydrogen-bond acceptors (Lipinski definition) is 7. The molecule has 2 heterocycles. The molecule has 0 aliphatic heterocycles. The number of amides is 4. The average molecular weight is 1020 g/mol. The summed E-state index contributed by atoms with van der Waals surface area (Å²) >= 11 is 11.8. The predicted molar refractivity (Wildman–Crippen MR) is 252 cm³/mol. The SMILES string of the molecule is CN(C)C1CCC(C(=O)Nc2c(C(=O)Nc3ccc(Cl)cc3)oc3ccccc23)CC1.C[N+](C)(C)[C@H]1CC[C@H](C(=O)Nc2c(C(=O)Nc3ccc(Cl)cc3)oc3ccccc23)CC1.[I-]. The van der Waals surface area contributed by atoms with E-state index in [0.29, 0.717) is 66.8 Å². The Balaban J connectivity index is 0.000000209. The smallest absolute Gasteiger partial charge is 0.293 e. The highest BCUT2D eigenvalue weighted by Gasteiger charge is 2.34. The van der Waals surface area contributed by atoms with Gasteiger partial charge in [-0.15, -0.1) is 0 Å². The van der Waals surface area contributed by atoms with Crippen molar-refractivity contribution in [3.8, 4) is 0 Å². The van der Waals surface area contributed by atoms with E-state index in [2.05, 4.69) is 61.4 Å². The molecule has 12 nitrogen and oxygen atoms in total. The van der Waals surface area contributed by atoms with E-state index in [1.54, 1.807) is 60.7 Å². The van der Waals surface area contributed by atoms with Crippen molar-refractivity contribution in [2.45, 2.75) is 63.5 Å². The third-order valence-electron chi connectivity index (χ3n) is 12.3. The molecule has 4 aromatic carbocycles. The number of carbonyl (C=O) groups excluding carboxylic acids is 4. The van der Waals surface area contributed by atoms with E-state index in [9.17, 15) is 19.2 Å². The van der Waals surface area contributed by atoms with Crippen LogP contribution in [0.15, 0.2) is 106 Å². The minimum atomic E-state index is -0.426. The van der Waals surface area contributed by atoms with Crippen molar-refractivity contribution in [1.82, 2.24) is 4.90 Å². The first-order valence-electron chi connectivity index (χ1n) is 21.4. The molecule has 2 saturated carbocycles. The van der Waals surface area contributed by atoms with Gasteiger partial charge < -0.3 is 63.5 Å². The Labute approximate surface area is 401 Å². The van der Waals surface area contributed by atoms with E-state index < -0.39 is 11.8 Å². The van der Waals surface area contributed by atoms with Gasteiger partial charge in [-0.25, -0.2) is 0 Å². The van der Waals surface area contributed by atoms with Gasteiger partial charge in [-0.1, -0.05) is 47.5 Å². The third-order valence-corrected chi connectivity index (χ3v) is 12.8. The molecule has 2 aromatic heterocycles. The fourth-order valence-electron chi connectivity index (χ4n) is 8.52. The van der Waals surface area contributed by atoms with Crippen LogP contribution < -0.4 is 45.2 Å². The van der Waals surface area contributed by atoms with E-state index in [0.717, 1.165) is 55.8 Å². The molecule has 0 atom stereocenters. The molecule has 0 radical (unpaired) electrons. The molecule has 0 spiro atoms. The number of benzene rings is 4. The number of furan rings is 2. The minimum absolute atomic E-state index is 0. The fourth-order valence-corrected chi connectivity index (χ4v) is 8.77. The van der Waals surface area contributed by atoms with Gasteiger partial charge in [-0.05, 0) is 125 Å². The molecular formula is C49H55Cl2IN6O6. The molecule has 2 fully saturated rings. The summed E-state index contributed by atoms with van der Waals surface area (Å²) < 4.78 is 12.6. The van der Waals surface area contributed by atoms with Crippen molar-refractivity contribution in [3.05, 3.63) is 119 Å². The predicted octanol–water partition coefficient (Wildman–Crippen LogP) is 7.94. The summed E-state index contributed by atoms with van der Waals surface area (Å²) in [4.78, 5) is 54.4. The van der Waals surface area contributed by atoms with Gasteiger partial charge in [-0.2, -0.15) is 0 Å². The second-order valence-electron chi connectivity index (χ2n) is 17.6. The summed E-state index contributed by atoms with van der Waals surface area (Å²) in [6.07, 6.45) is 7.34. The highest BCUT2D eigenvalue weighted by molar-refractivity contribution is 6.31. The van der Waals surface area contributed by atoms with Crippen molar-refractivity contribution in [2.24, 2.45) is 11.8 Å². The minimum Gasteiger partial charge on any atom is -1.00 e. The first-order chi connectivity index (χ1) is 30.1. The summed E-state index contributed by atoms with van der Waals surface area (Å²) in [5.74, 6) is -0.935. The van der Waals surface area contributed by atoms with Crippen molar-refractivity contribution in [3.63, 3.8) is 0 Å². The number of para-hydroxylation sites is 2. The number of nitrogens with zero attached hydrogens (tertiary/aromatic N) is 2. The summed E-state index contributed by atoms with van der Waals surface area (Å²) in [5.41, 5.74) is 3.13. The molecule has 64 heavy (non-hydrogen) atoms. The molecule has 2 aliphatic carbocycles. The summed E-state index contributed by atoms with van der Waals surface area (Å²) in [5, 5.41) is 14.2. The molecule has 6 aromatic rings. The monoisotopic (exact) mass is 1020 g/mol. The molecule has 338 valence electrons. The van der Waals surface area contributed by atoms with Crippen LogP contribution in [-0.2, 0) is 9.59 Å². The van der Waals surface area contributed by atoms with Crippen LogP contribution in [0, 0.1) is 11.8 Å². The Morgan fingerprint density at radius 3 is 1.30 bits per heavy atom. The second kappa shape index (κ2) is 21.4. The largest absolute Gasteiger partial charge is 1.00 e. The van der Waals surface area contributed by atoms with Gasteiger partial charge in [0.25, 0.3) is 11.8 Å². The quantitative estimate of drug-likeness (QED) is 0.0806. The zero-order valence-corrected chi connectivity index (χ0v) is 40.4. The molecule has 0 bridgehead atoms. The summed E-state index contributed by atoms with van der Waals surface area (Å²) in [6, 6.07) is 29.4. The van der Waals surface area contributed by atoms with Gasteiger partial charge in [0, 0.05) is 62.9 Å². The Bertz CT molecular complexity index is 2570. The number of halogens is 3. The van der Waals surface area contributed by atoms with Crippen LogP contribution in [0.5, 0.6) is 0 Å². The number of nitrogens with one attached hydrogen (secondary N) is 4. The zero-order chi connectivity index (χ0) is 44.8. The lowest BCUT2D eigenvalue weighted by Gasteiger charge is -2.38. The maximum Gasteiger partial charge on any atom is 0.293 e. The van der Waals surface area contributed by atoms with Crippen molar-refractivity contribution >= 4 is 91.5 Å². The van der Waals surface area contributed by atoms with Crippen molar-refractivity contribution in [1.29, 1.82) is 0 Å². The van der Waals surface area contributed by atoms with Gasteiger partial charge in [0.05, 0.1) is 27.2 Å². The van der Waals surface area contributed by atoms with Gasteiger partial charge in [-0.3, -0.25) is 19.2 Å². The number of rotatable bonds is 10. The number of carbonyl (C=O) groups is 4. The van der Waals surface area contributed by atoms with Crippen molar-refractivity contribution < 1.29 is 56.5 Å². The van der Waals surface area contributed by atoms with Crippen LogP contribution in [0.4, 0.5) is 22.7 Å². The first-order valence-corrected chi connectivity index (χ1v) is 22.2. The molecule has 0 saturated heterocycles. The molecule has 2 aliphatic rings. The lowest BCUT2D eigenvalue weighted by Crippen LogP contribution is -3.00. The lowest BCUT2D eigenvalue weighted by molar-refractivity contribution is -0.897. The number of hydrogen-bond donors (Lipinski definition) is 4. The van der Waals surface area contributed by atoms with E-state index >= 15 is 0 Å². The van der Waals surface area contributed by atoms with E-state index in [1.165, 1.54) is 0 Å². The normalized spacial score (nSPS) is 18.6. The number of quaternary nitrogens is 1. The maximum atomic E-state index is 13.1. The molecular weight excluding hydrogens is 966 g/mol. The van der Waals surface area contributed by atoms with Gasteiger partial charge in [0.2, 0.25) is 23.3 Å². The van der Waals surface area contributed by atoms with Crippen LogP contribution in [0.2, 0.25) is 10.0 Å². The highest BCUT2D eigenvalue weighted by atomic mass is 127. The summed E-state index contributed by atoms with van der Waals surface area (Å²) in [7, 11) is 10.8. The standard InChI is InChI=1S/C25H28ClN3O3.C24H26ClN3O3.HI/c1-29(2,3)19-14-8-16(9-15-19)24(30)28-22-20-6-4-5-7-21(20)32-23(22)25(31)27-18-12-10-17(26)11-13-18;1-28(2)18-13-7-15(8-14-18)23(29)27-21-19-5-3-4-6-20(19)31-22(21)24(30)26-17-11-9-16(25)10-12-17;/h4-7,10-13,16,19H,8-9,14-15H2,1-3H3,(H-,27,28,30,31);3-6,9-12,15,18H,7-8,13-14H2,1-2H3,(H,26,30)(H,27,29);1H/t16-,19-;;. The molecule has 4 amide bonds. The topological polar surface area (TPSA) is 146 Å². The molecule has 8 rings (SSSR count). The molecule has 15 heteroatoms. The van der Waals surface area contributed by atoms with Gasteiger partial charge >= 0.3 is 0 Å². The first kappa shape index (κ1) is 48.5. The van der Waals surface area contributed by atoms with Crippen LogP contribution in [0.25, 0.3) is 21.9 Å². The Morgan fingerprint density at radius 2 is 0.922 bits per heavy atom. The number of fused-ring (bicyclic) bond motifs is 2. The average Bonchev–Trinajstić information content (AvgIpc) is 3.83. The van der Waals surface area contributed by atoms with E-state index in [1.807, 2.05) is 36.4 Å². The zero-order valence-electron chi connectivity index (χ0n) is 36.7. The third kappa shape index (κ3) is 11.8. The Morgan fingerprint density at radius 1 is 0.547 bits per heavy atom. The Hall–Kier alpha value is -4.93. The summed E-state index contributed by atoms with van der Waals surface area (Å²) in [6.45, 7) is 0. The second-order valence-corrected chi connectivity index (χ2v) is 18.5. The van der Waals surface area contributed by atoms with E-state index in [-0.39, 0.29) is 59.1 Å².